The first-order valence-corrected chi connectivity index (χ1v) is 10.4. The number of halogens is 1. The fraction of sp³-hybridized carbons (Fsp3) is 0.250. The Bertz CT molecular complexity index is 1130. The minimum absolute atomic E-state index is 0.278. The zero-order valence-corrected chi connectivity index (χ0v) is 17.4. The maximum atomic E-state index is 9.96. The van der Waals surface area contributed by atoms with Gasteiger partial charge in [0.05, 0.1) is 10.2 Å². The van der Waals surface area contributed by atoms with E-state index >= 15 is 0 Å². The van der Waals surface area contributed by atoms with Crippen LogP contribution in [-0.2, 0) is 13.5 Å². The molecule has 0 saturated heterocycles. The van der Waals surface area contributed by atoms with Gasteiger partial charge >= 0.3 is 0 Å². The minimum Gasteiger partial charge on any atom is -0.507 e. The van der Waals surface area contributed by atoms with Crippen LogP contribution in [0.25, 0.3) is 32.9 Å². The lowest BCUT2D eigenvalue weighted by Crippen LogP contribution is -1.95. The van der Waals surface area contributed by atoms with Crippen LogP contribution in [0.1, 0.15) is 31.7 Å². The highest BCUT2D eigenvalue weighted by Gasteiger charge is 2.17. The van der Waals surface area contributed by atoms with Crippen LogP contribution < -0.4 is 0 Å². The number of hydrogen-bond acceptors (Lipinski definition) is 1. The normalized spacial score (nSPS) is 11.5. The topological polar surface area (TPSA) is 25.2 Å². The lowest BCUT2D eigenvalue weighted by Gasteiger charge is -2.11. The summed E-state index contributed by atoms with van der Waals surface area (Å²) in [6.07, 6.45) is 4.80. The molecule has 0 spiro atoms. The average Bonchev–Trinajstić information content (AvgIpc) is 2.97. The van der Waals surface area contributed by atoms with Gasteiger partial charge in [0.15, 0.2) is 0 Å². The van der Waals surface area contributed by atoms with Crippen molar-refractivity contribution in [3.63, 3.8) is 0 Å². The van der Waals surface area contributed by atoms with Crippen molar-refractivity contribution in [1.29, 1.82) is 0 Å². The second-order valence-electron chi connectivity index (χ2n) is 7.20. The molecule has 4 rings (SSSR count). The molecule has 0 aliphatic rings. The Balaban J connectivity index is 1.92. The summed E-state index contributed by atoms with van der Waals surface area (Å²) in [5.41, 5.74) is 5.26. The van der Waals surface area contributed by atoms with E-state index in [1.54, 1.807) is 6.07 Å². The number of phenols is 1. The Labute approximate surface area is 168 Å². The molecule has 3 heteroatoms. The first kappa shape index (κ1) is 18.1. The number of hydrogen-bond donors (Lipinski definition) is 1. The van der Waals surface area contributed by atoms with Gasteiger partial charge in [0.1, 0.15) is 5.75 Å². The van der Waals surface area contributed by atoms with Crippen LogP contribution in [0.4, 0.5) is 0 Å². The molecule has 0 radical (unpaired) electrons. The summed E-state index contributed by atoms with van der Waals surface area (Å²) < 4.78 is 3.08. The quantitative estimate of drug-likeness (QED) is 0.338. The van der Waals surface area contributed by atoms with Crippen LogP contribution in [0, 0.1) is 0 Å². The minimum atomic E-state index is 0.278. The van der Waals surface area contributed by atoms with E-state index in [1.165, 1.54) is 47.0 Å². The molecular weight excluding hydrogens is 398 g/mol. The number of aryl methyl sites for hydroxylation is 2. The zero-order valence-electron chi connectivity index (χ0n) is 15.8. The number of nitrogens with zero attached hydrogens (tertiary/aromatic N) is 1. The Kier molecular flexibility index (Phi) is 4.96. The number of unbranched alkanes of at least 4 members (excludes halogenated alkanes) is 2. The van der Waals surface area contributed by atoms with Crippen LogP contribution in [0.3, 0.4) is 0 Å². The monoisotopic (exact) mass is 421 g/mol. The highest BCUT2D eigenvalue weighted by Crippen LogP contribution is 2.38. The summed E-state index contributed by atoms with van der Waals surface area (Å²) in [6, 6.07) is 18.9. The number of rotatable bonds is 5. The Hall–Kier alpha value is -2.26. The first-order chi connectivity index (χ1) is 13.1. The molecular formula is C24H24BrNO. The van der Waals surface area contributed by atoms with Crippen molar-refractivity contribution in [1.82, 2.24) is 4.57 Å². The highest BCUT2D eigenvalue weighted by atomic mass is 79.9. The molecule has 0 saturated carbocycles. The van der Waals surface area contributed by atoms with Gasteiger partial charge in [-0.1, -0.05) is 56.2 Å². The Morgan fingerprint density at radius 3 is 2.59 bits per heavy atom. The molecule has 2 nitrogen and oxygen atoms in total. The summed E-state index contributed by atoms with van der Waals surface area (Å²) in [5, 5.41) is 13.5. The van der Waals surface area contributed by atoms with E-state index in [1.807, 2.05) is 6.07 Å². The summed E-state index contributed by atoms with van der Waals surface area (Å²) in [4.78, 5) is 0. The highest BCUT2D eigenvalue weighted by molar-refractivity contribution is 9.10. The van der Waals surface area contributed by atoms with Gasteiger partial charge in [-0.3, -0.25) is 0 Å². The average molecular weight is 422 g/mol. The van der Waals surface area contributed by atoms with Gasteiger partial charge in [-0.15, -0.1) is 0 Å². The third-order valence-electron chi connectivity index (χ3n) is 5.45. The van der Waals surface area contributed by atoms with E-state index in [0.717, 1.165) is 21.7 Å². The molecule has 1 heterocycles. The van der Waals surface area contributed by atoms with Crippen molar-refractivity contribution in [2.75, 3.05) is 0 Å². The molecule has 0 unspecified atom stereocenters. The Morgan fingerprint density at radius 2 is 1.78 bits per heavy atom. The maximum absolute atomic E-state index is 9.96. The number of aromatic nitrogens is 1. The molecule has 1 N–H and O–H groups in total. The van der Waals surface area contributed by atoms with E-state index in [-0.39, 0.29) is 5.75 Å². The van der Waals surface area contributed by atoms with Crippen molar-refractivity contribution in [3.8, 4) is 17.0 Å². The third-order valence-corrected chi connectivity index (χ3v) is 6.28. The summed E-state index contributed by atoms with van der Waals surface area (Å²) in [5.74, 6) is 0.278. The lowest BCUT2D eigenvalue weighted by molar-refractivity contribution is 0.473. The zero-order chi connectivity index (χ0) is 19.0. The molecule has 0 fully saturated rings. The second-order valence-corrected chi connectivity index (χ2v) is 7.99. The van der Waals surface area contributed by atoms with Crippen LogP contribution in [0.2, 0.25) is 0 Å². The molecule has 0 aliphatic heterocycles. The molecule has 0 atom stereocenters. The van der Waals surface area contributed by atoms with Crippen molar-refractivity contribution in [2.45, 2.75) is 32.6 Å². The second kappa shape index (κ2) is 7.40. The van der Waals surface area contributed by atoms with E-state index in [9.17, 15) is 5.11 Å². The van der Waals surface area contributed by atoms with E-state index in [2.05, 4.69) is 76.9 Å². The van der Waals surface area contributed by atoms with Crippen molar-refractivity contribution in [2.24, 2.45) is 7.05 Å². The summed E-state index contributed by atoms with van der Waals surface area (Å²) in [7, 11) is 2.16. The number of fused-ring (bicyclic) bond motifs is 2. The number of para-hydroxylation sites is 1. The van der Waals surface area contributed by atoms with Gasteiger partial charge in [-0.2, -0.15) is 0 Å². The molecule has 0 bridgehead atoms. The first-order valence-electron chi connectivity index (χ1n) is 9.59. The van der Waals surface area contributed by atoms with Gasteiger partial charge in [-0.05, 0) is 68.9 Å². The van der Waals surface area contributed by atoms with E-state index in [0.29, 0.717) is 0 Å². The third kappa shape index (κ3) is 3.14. The molecule has 0 amide bonds. The van der Waals surface area contributed by atoms with Gasteiger partial charge in [-0.25, -0.2) is 0 Å². The number of benzene rings is 3. The fourth-order valence-electron chi connectivity index (χ4n) is 4.07. The largest absolute Gasteiger partial charge is 0.507 e. The standard InChI is InChI=1S/C24H24BrNO/c1-3-4-5-9-20-19-8-6-7-10-21(19)26(2)24(20)17-11-13-18-16(15-17)12-14-22(27)23(18)25/h6-8,10-15,27H,3-5,9H2,1-2H3. The molecule has 4 aromatic rings. The lowest BCUT2D eigenvalue weighted by atomic mass is 9.98. The molecule has 138 valence electrons. The SMILES string of the molecule is CCCCCc1c(-c2ccc3c(Br)c(O)ccc3c2)n(C)c2ccccc12. The maximum Gasteiger partial charge on any atom is 0.130 e. The van der Waals surface area contributed by atoms with Crippen LogP contribution >= 0.6 is 15.9 Å². The molecule has 1 aromatic heterocycles. The van der Waals surface area contributed by atoms with Crippen LogP contribution in [-0.4, -0.2) is 9.67 Å². The predicted molar refractivity (Wildman–Crippen MR) is 118 cm³/mol. The summed E-state index contributed by atoms with van der Waals surface area (Å²) >= 11 is 3.51. The predicted octanol–water partition coefficient (Wildman–Crippen LogP) is 7.20. The van der Waals surface area contributed by atoms with Gasteiger partial charge in [0.2, 0.25) is 0 Å². The number of aromatic hydroxyl groups is 1. The smallest absolute Gasteiger partial charge is 0.130 e. The fourth-order valence-corrected chi connectivity index (χ4v) is 4.57. The summed E-state index contributed by atoms with van der Waals surface area (Å²) in [6.45, 7) is 2.25. The van der Waals surface area contributed by atoms with Gasteiger partial charge in [0, 0.05) is 18.0 Å². The van der Waals surface area contributed by atoms with Crippen LogP contribution in [0.15, 0.2) is 59.1 Å². The molecule has 3 aromatic carbocycles. The number of phenolic OH excluding ortho intramolecular Hbond substituents is 1. The van der Waals surface area contributed by atoms with Crippen molar-refractivity contribution in [3.05, 3.63) is 64.6 Å². The molecule has 0 aliphatic carbocycles. The Morgan fingerprint density at radius 1 is 0.963 bits per heavy atom. The van der Waals surface area contributed by atoms with Gasteiger partial charge < -0.3 is 9.67 Å². The van der Waals surface area contributed by atoms with Crippen molar-refractivity contribution < 1.29 is 5.11 Å². The van der Waals surface area contributed by atoms with Gasteiger partial charge in [0.25, 0.3) is 0 Å². The van der Waals surface area contributed by atoms with E-state index < -0.39 is 0 Å². The molecule has 27 heavy (non-hydrogen) atoms. The van der Waals surface area contributed by atoms with E-state index in [4.69, 9.17) is 0 Å². The van der Waals surface area contributed by atoms with Crippen molar-refractivity contribution >= 4 is 37.6 Å². The van der Waals surface area contributed by atoms with Crippen LogP contribution in [0.5, 0.6) is 5.75 Å².